The van der Waals surface area contributed by atoms with Crippen molar-refractivity contribution < 1.29 is 4.79 Å². The van der Waals surface area contributed by atoms with E-state index >= 15 is 0 Å². The minimum absolute atomic E-state index is 0.0664. The number of aromatic nitrogens is 1. The first-order chi connectivity index (χ1) is 7.90. The maximum Gasteiger partial charge on any atom is 0.273 e. The molecule has 96 valence electrons. The molecule has 1 amide bonds. The van der Waals surface area contributed by atoms with E-state index < -0.39 is 0 Å². The molecule has 0 saturated carbocycles. The summed E-state index contributed by atoms with van der Waals surface area (Å²) in [6, 6.07) is 0. The lowest BCUT2D eigenvalue weighted by molar-refractivity contribution is 0.0710. The Morgan fingerprint density at radius 2 is 1.82 bits per heavy atom. The van der Waals surface area contributed by atoms with Crippen LogP contribution < -0.4 is 0 Å². The van der Waals surface area contributed by atoms with Gasteiger partial charge in [-0.1, -0.05) is 27.7 Å². The second-order valence-corrected chi connectivity index (χ2v) is 6.31. The summed E-state index contributed by atoms with van der Waals surface area (Å²) in [4.78, 5) is 18.5. The van der Waals surface area contributed by atoms with Gasteiger partial charge in [-0.3, -0.25) is 4.79 Å². The van der Waals surface area contributed by atoms with E-state index in [0.717, 1.165) is 18.1 Å². The molecule has 0 bridgehead atoms. The lowest BCUT2D eigenvalue weighted by Crippen LogP contribution is -2.37. The summed E-state index contributed by atoms with van der Waals surface area (Å²) in [6.07, 6.45) is 0. The molecule has 1 heterocycles. The molecule has 0 spiro atoms. The van der Waals surface area contributed by atoms with Gasteiger partial charge in [0.15, 0.2) is 0 Å². The quantitative estimate of drug-likeness (QED) is 0.808. The predicted molar refractivity (Wildman–Crippen MR) is 72.4 cm³/mol. The van der Waals surface area contributed by atoms with Crippen molar-refractivity contribution in [2.45, 2.75) is 34.6 Å². The lowest BCUT2D eigenvalue weighted by atomic mass is 10.1. The number of amides is 1. The van der Waals surface area contributed by atoms with Crippen LogP contribution in [0.4, 0.5) is 0 Å². The maximum atomic E-state index is 12.3. The second kappa shape index (κ2) is 6.15. The molecular formula is C13H22N2OS. The monoisotopic (exact) mass is 254 g/mol. The summed E-state index contributed by atoms with van der Waals surface area (Å²) in [5.41, 5.74) is 0.591. The maximum absolute atomic E-state index is 12.3. The Kier molecular flexibility index (Phi) is 5.12. The third-order valence-corrected chi connectivity index (χ3v) is 3.07. The van der Waals surface area contributed by atoms with Crippen LogP contribution in [-0.2, 0) is 0 Å². The average molecular weight is 254 g/mol. The van der Waals surface area contributed by atoms with Gasteiger partial charge in [0.2, 0.25) is 0 Å². The van der Waals surface area contributed by atoms with Crippen molar-refractivity contribution in [3.63, 3.8) is 0 Å². The van der Waals surface area contributed by atoms with Crippen LogP contribution in [-0.4, -0.2) is 28.9 Å². The standard InChI is InChI=1S/C13H22N2OS/c1-9(2)6-15(7-10(3)4)13(16)12-8-17-11(5)14-12/h8-10H,6-7H2,1-5H3. The molecule has 4 heteroatoms. The fourth-order valence-corrected chi connectivity index (χ4v) is 2.33. The largest absolute Gasteiger partial charge is 0.337 e. The molecule has 1 aromatic rings. The van der Waals surface area contributed by atoms with E-state index in [9.17, 15) is 4.79 Å². The highest BCUT2D eigenvalue weighted by Gasteiger charge is 2.19. The molecule has 0 aliphatic rings. The van der Waals surface area contributed by atoms with E-state index in [4.69, 9.17) is 0 Å². The molecule has 0 atom stereocenters. The van der Waals surface area contributed by atoms with E-state index in [1.165, 1.54) is 11.3 Å². The number of thiazole rings is 1. The molecular weight excluding hydrogens is 232 g/mol. The highest BCUT2D eigenvalue weighted by Crippen LogP contribution is 2.13. The zero-order valence-corrected chi connectivity index (χ0v) is 12.2. The van der Waals surface area contributed by atoms with Gasteiger partial charge in [-0.2, -0.15) is 0 Å². The van der Waals surface area contributed by atoms with Crippen LogP contribution in [0.3, 0.4) is 0 Å². The van der Waals surface area contributed by atoms with Crippen LogP contribution in [0.5, 0.6) is 0 Å². The molecule has 0 N–H and O–H groups in total. The third-order valence-electron chi connectivity index (χ3n) is 2.30. The summed E-state index contributed by atoms with van der Waals surface area (Å²) >= 11 is 1.53. The summed E-state index contributed by atoms with van der Waals surface area (Å²) < 4.78 is 0. The normalized spacial score (nSPS) is 11.2. The topological polar surface area (TPSA) is 33.2 Å². The summed E-state index contributed by atoms with van der Waals surface area (Å²) in [5, 5.41) is 2.80. The minimum Gasteiger partial charge on any atom is -0.337 e. The average Bonchev–Trinajstić information content (AvgIpc) is 2.61. The van der Waals surface area contributed by atoms with Gasteiger partial charge in [0, 0.05) is 18.5 Å². The molecule has 0 aliphatic carbocycles. The smallest absolute Gasteiger partial charge is 0.273 e. The van der Waals surface area contributed by atoms with Crippen molar-refractivity contribution in [2.24, 2.45) is 11.8 Å². The van der Waals surface area contributed by atoms with Crippen LogP contribution in [0.2, 0.25) is 0 Å². The van der Waals surface area contributed by atoms with Gasteiger partial charge in [-0.25, -0.2) is 4.98 Å². The zero-order valence-electron chi connectivity index (χ0n) is 11.4. The van der Waals surface area contributed by atoms with Crippen molar-refractivity contribution in [1.29, 1.82) is 0 Å². The van der Waals surface area contributed by atoms with E-state index in [1.807, 2.05) is 17.2 Å². The predicted octanol–water partition coefficient (Wildman–Crippen LogP) is 3.21. The molecule has 1 rings (SSSR count). The van der Waals surface area contributed by atoms with Crippen molar-refractivity contribution in [3.8, 4) is 0 Å². The number of carbonyl (C=O) groups is 1. The van der Waals surface area contributed by atoms with Gasteiger partial charge in [0.1, 0.15) is 5.69 Å². The highest BCUT2D eigenvalue weighted by atomic mass is 32.1. The summed E-state index contributed by atoms with van der Waals surface area (Å²) in [7, 11) is 0. The molecule has 17 heavy (non-hydrogen) atoms. The van der Waals surface area contributed by atoms with Crippen molar-refractivity contribution in [3.05, 3.63) is 16.1 Å². The molecule has 0 saturated heterocycles. The van der Waals surface area contributed by atoms with Crippen LogP contribution in [0.15, 0.2) is 5.38 Å². The Morgan fingerprint density at radius 1 is 1.29 bits per heavy atom. The summed E-state index contributed by atoms with van der Waals surface area (Å²) in [6.45, 7) is 12.1. The van der Waals surface area contributed by atoms with Crippen molar-refractivity contribution in [2.75, 3.05) is 13.1 Å². The van der Waals surface area contributed by atoms with Crippen molar-refractivity contribution >= 4 is 17.2 Å². The number of hydrogen-bond acceptors (Lipinski definition) is 3. The fraction of sp³-hybridized carbons (Fsp3) is 0.692. The first-order valence-corrected chi connectivity index (χ1v) is 6.99. The first-order valence-electron chi connectivity index (χ1n) is 6.11. The van der Waals surface area contributed by atoms with Gasteiger partial charge in [0.25, 0.3) is 5.91 Å². The Bertz CT molecular complexity index is 361. The molecule has 0 unspecified atom stereocenters. The number of aryl methyl sites for hydroxylation is 1. The van der Waals surface area contributed by atoms with Crippen LogP contribution in [0, 0.1) is 18.8 Å². The van der Waals surface area contributed by atoms with E-state index in [-0.39, 0.29) is 5.91 Å². The molecule has 1 aromatic heterocycles. The Balaban J connectivity index is 2.78. The van der Waals surface area contributed by atoms with Gasteiger partial charge in [-0.05, 0) is 18.8 Å². The van der Waals surface area contributed by atoms with E-state index in [0.29, 0.717) is 17.5 Å². The third kappa shape index (κ3) is 4.46. The SMILES string of the molecule is Cc1nc(C(=O)N(CC(C)C)CC(C)C)cs1. The Labute approximate surface area is 108 Å². The second-order valence-electron chi connectivity index (χ2n) is 5.25. The first kappa shape index (κ1) is 14.2. The molecule has 0 aromatic carbocycles. The van der Waals surface area contributed by atoms with Gasteiger partial charge >= 0.3 is 0 Å². The molecule has 0 fully saturated rings. The Hall–Kier alpha value is -0.900. The van der Waals surface area contributed by atoms with Gasteiger partial charge in [-0.15, -0.1) is 11.3 Å². The van der Waals surface area contributed by atoms with Gasteiger partial charge < -0.3 is 4.90 Å². The van der Waals surface area contributed by atoms with Crippen molar-refractivity contribution in [1.82, 2.24) is 9.88 Å². The van der Waals surface area contributed by atoms with E-state index in [1.54, 1.807) is 0 Å². The number of hydrogen-bond donors (Lipinski definition) is 0. The number of rotatable bonds is 5. The van der Waals surface area contributed by atoms with Gasteiger partial charge in [0.05, 0.1) is 5.01 Å². The zero-order chi connectivity index (χ0) is 13.0. The number of carbonyl (C=O) groups excluding carboxylic acids is 1. The molecule has 0 aliphatic heterocycles. The van der Waals surface area contributed by atoms with E-state index in [2.05, 4.69) is 32.7 Å². The molecule has 3 nitrogen and oxygen atoms in total. The van der Waals surface area contributed by atoms with Crippen LogP contribution >= 0.6 is 11.3 Å². The highest BCUT2D eigenvalue weighted by molar-refractivity contribution is 7.09. The number of nitrogens with zero attached hydrogens (tertiary/aromatic N) is 2. The lowest BCUT2D eigenvalue weighted by Gasteiger charge is -2.25. The fourth-order valence-electron chi connectivity index (χ4n) is 1.75. The van der Waals surface area contributed by atoms with Crippen LogP contribution in [0.1, 0.15) is 43.2 Å². The molecule has 0 radical (unpaired) electrons. The minimum atomic E-state index is 0.0664. The van der Waals surface area contributed by atoms with Crippen LogP contribution in [0.25, 0.3) is 0 Å². The summed E-state index contributed by atoms with van der Waals surface area (Å²) in [5.74, 6) is 1.03. The Morgan fingerprint density at radius 3 is 2.18 bits per heavy atom.